The molecule has 14 heavy (non-hydrogen) atoms. The molecule has 5 heteroatoms. The molecule has 0 atom stereocenters. The molecule has 2 aromatic heterocycles. The Balaban J connectivity index is 2.62. The van der Waals surface area contributed by atoms with Crippen molar-refractivity contribution in [3.8, 4) is 10.6 Å². The van der Waals surface area contributed by atoms with Crippen molar-refractivity contribution >= 4 is 22.9 Å². The molecule has 2 aromatic rings. The third kappa shape index (κ3) is 1.63. The van der Waals surface area contributed by atoms with Gasteiger partial charge in [-0.2, -0.15) is 0 Å². The molecule has 0 spiro atoms. The Kier molecular flexibility index (Phi) is 2.48. The van der Waals surface area contributed by atoms with Crippen LogP contribution in [0.1, 0.15) is 5.56 Å². The Morgan fingerprint density at radius 3 is 2.93 bits per heavy atom. The molecule has 2 rings (SSSR count). The van der Waals surface area contributed by atoms with Crippen molar-refractivity contribution in [3.63, 3.8) is 0 Å². The summed E-state index contributed by atoms with van der Waals surface area (Å²) in [6.07, 6.45) is 1.09. The second-order valence-electron chi connectivity index (χ2n) is 2.77. The summed E-state index contributed by atoms with van der Waals surface area (Å²) in [6, 6.07) is 1.91. The average Bonchev–Trinajstić information content (AvgIpc) is 2.56. The van der Waals surface area contributed by atoms with Gasteiger partial charge in [0.25, 0.3) is 0 Å². The van der Waals surface area contributed by atoms with E-state index in [0.29, 0.717) is 0 Å². The van der Waals surface area contributed by atoms with Crippen molar-refractivity contribution < 1.29 is 4.39 Å². The van der Waals surface area contributed by atoms with Crippen molar-refractivity contribution in [1.82, 2.24) is 9.97 Å². The summed E-state index contributed by atoms with van der Waals surface area (Å²) in [5.74, 6) is -0.444. The third-order valence-electron chi connectivity index (χ3n) is 1.79. The molecule has 0 aromatic carbocycles. The van der Waals surface area contributed by atoms with Crippen LogP contribution in [0.3, 0.4) is 0 Å². The van der Waals surface area contributed by atoms with E-state index < -0.39 is 5.82 Å². The van der Waals surface area contributed by atoms with E-state index in [4.69, 9.17) is 11.6 Å². The average molecular weight is 229 g/mol. The molecule has 2 heterocycles. The zero-order valence-corrected chi connectivity index (χ0v) is 8.86. The highest BCUT2D eigenvalue weighted by molar-refractivity contribution is 7.13. The maximum Gasteiger partial charge on any atom is 0.223 e. The van der Waals surface area contributed by atoms with Gasteiger partial charge in [0, 0.05) is 0 Å². The van der Waals surface area contributed by atoms with Gasteiger partial charge in [0.1, 0.15) is 5.69 Å². The van der Waals surface area contributed by atoms with Gasteiger partial charge in [0.15, 0.2) is 5.82 Å². The van der Waals surface area contributed by atoms with Gasteiger partial charge in [0.2, 0.25) is 5.28 Å². The first kappa shape index (κ1) is 9.55. The highest BCUT2D eigenvalue weighted by Crippen LogP contribution is 2.29. The molecule has 0 amide bonds. The second kappa shape index (κ2) is 3.63. The molecule has 0 fully saturated rings. The molecule has 0 radical (unpaired) electrons. The number of nitrogens with zero attached hydrogens (tertiary/aromatic N) is 2. The number of hydrogen-bond donors (Lipinski definition) is 0. The van der Waals surface area contributed by atoms with Crippen molar-refractivity contribution in [3.05, 3.63) is 34.3 Å². The quantitative estimate of drug-likeness (QED) is 0.700. The van der Waals surface area contributed by atoms with E-state index >= 15 is 0 Å². The van der Waals surface area contributed by atoms with Crippen LogP contribution in [0.15, 0.2) is 17.6 Å². The van der Waals surface area contributed by atoms with Gasteiger partial charge in [-0.05, 0) is 35.5 Å². The molecule has 0 saturated carbocycles. The summed E-state index contributed by atoms with van der Waals surface area (Å²) in [5.41, 5.74) is 1.26. The Morgan fingerprint density at radius 1 is 1.50 bits per heavy atom. The van der Waals surface area contributed by atoms with Crippen molar-refractivity contribution in [1.29, 1.82) is 0 Å². The Hall–Kier alpha value is -1.00. The van der Waals surface area contributed by atoms with Gasteiger partial charge in [-0.3, -0.25) is 0 Å². The van der Waals surface area contributed by atoms with Crippen LogP contribution >= 0.6 is 22.9 Å². The van der Waals surface area contributed by atoms with E-state index in [1.165, 1.54) is 11.3 Å². The fourth-order valence-corrected chi connectivity index (χ4v) is 2.17. The fraction of sp³-hybridized carbons (Fsp3) is 0.111. The first-order valence-electron chi connectivity index (χ1n) is 3.91. The molecule has 0 aliphatic heterocycles. The lowest BCUT2D eigenvalue weighted by Crippen LogP contribution is -1.91. The predicted octanol–water partition coefficient (Wildman–Crippen LogP) is 3.31. The Labute approximate surface area is 89.4 Å². The maximum absolute atomic E-state index is 13.3. The lowest BCUT2D eigenvalue weighted by atomic mass is 10.2. The smallest absolute Gasteiger partial charge is 0.223 e. The van der Waals surface area contributed by atoms with Crippen LogP contribution in [0.5, 0.6) is 0 Å². The SMILES string of the molecule is Cc1ccsc1-c1nc(Cl)ncc1F. The van der Waals surface area contributed by atoms with Crippen LogP contribution in [0, 0.1) is 12.7 Å². The van der Waals surface area contributed by atoms with Crippen LogP contribution in [-0.4, -0.2) is 9.97 Å². The molecular formula is C9H6ClFN2S. The summed E-state index contributed by atoms with van der Waals surface area (Å²) >= 11 is 7.04. The summed E-state index contributed by atoms with van der Waals surface area (Å²) < 4.78 is 13.3. The highest BCUT2D eigenvalue weighted by atomic mass is 35.5. The van der Waals surface area contributed by atoms with Gasteiger partial charge < -0.3 is 0 Å². The van der Waals surface area contributed by atoms with Crippen LogP contribution in [0.4, 0.5) is 4.39 Å². The summed E-state index contributed by atoms with van der Waals surface area (Å²) in [4.78, 5) is 8.23. The summed E-state index contributed by atoms with van der Waals surface area (Å²) in [7, 11) is 0. The number of thiophene rings is 1. The van der Waals surface area contributed by atoms with Crippen molar-refractivity contribution in [2.45, 2.75) is 6.92 Å². The van der Waals surface area contributed by atoms with E-state index in [1.54, 1.807) is 0 Å². The first-order chi connectivity index (χ1) is 6.68. The second-order valence-corrected chi connectivity index (χ2v) is 4.02. The van der Waals surface area contributed by atoms with Gasteiger partial charge in [-0.25, -0.2) is 14.4 Å². The summed E-state index contributed by atoms with van der Waals surface area (Å²) in [6.45, 7) is 1.90. The van der Waals surface area contributed by atoms with Crippen LogP contribution in [0.25, 0.3) is 10.6 Å². The molecule has 2 nitrogen and oxygen atoms in total. The van der Waals surface area contributed by atoms with Gasteiger partial charge in [0.05, 0.1) is 11.1 Å². The molecule has 0 N–H and O–H groups in total. The molecular weight excluding hydrogens is 223 g/mol. The molecule has 0 aliphatic carbocycles. The minimum Gasteiger partial charge on any atom is -0.223 e. The lowest BCUT2D eigenvalue weighted by Gasteiger charge is -2.00. The van der Waals surface area contributed by atoms with E-state index in [-0.39, 0.29) is 11.0 Å². The fourth-order valence-electron chi connectivity index (χ4n) is 1.12. The van der Waals surface area contributed by atoms with Crippen LogP contribution < -0.4 is 0 Å². The zero-order valence-electron chi connectivity index (χ0n) is 7.29. The Bertz CT molecular complexity index is 470. The number of rotatable bonds is 1. The molecule has 72 valence electrons. The van der Waals surface area contributed by atoms with E-state index in [9.17, 15) is 4.39 Å². The van der Waals surface area contributed by atoms with Crippen molar-refractivity contribution in [2.24, 2.45) is 0 Å². The van der Waals surface area contributed by atoms with Gasteiger partial charge in [-0.1, -0.05) is 0 Å². The molecule has 0 bridgehead atoms. The Morgan fingerprint density at radius 2 is 2.29 bits per heavy atom. The molecule has 0 saturated heterocycles. The lowest BCUT2D eigenvalue weighted by molar-refractivity contribution is 0.618. The van der Waals surface area contributed by atoms with E-state index in [0.717, 1.165) is 16.6 Å². The minimum absolute atomic E-state index is 0.0641. The van der Waals surface area contributed by atoms with E-state index in [1.807, 2.05) is 18.4 Å². The summed E-state index contributed by atoms with van der Waals surface area (Å²) in [5, 5.41) is 1.95. The zero-order chi connectivity index (χ0) is 10.1. The van der Waals surface area contributed by atoms with E-state index in [2.05, 4.69) is 9.97 Å². The topological polar surface area (TPSA) is 25.8 Å². The van der Waals surface area contributed by atoms with Gasteiger partial charge >= 0.3 is 0 Å². The van der Waals surface area contributed by atoms with Crippen LogP contribution in [-0.2, 0) is 0 Å². The predicted molar refractivity (Wildman–Crippen MR) is 55.1 cm³/mol. The van der Waals surface area contributed by atoms with Gasteiger partial charge in [-0.15, -0.1) is 11.3 Å². The first-order valence-corrected chi connectivity index (χ1v) is 5.17. The number of aryl methyl sites for hydroxylation is 1. The third-order valence-corrected chi connectivity index (χ3v) is 3.00. The standard InChI is InChI=1S/C9H6ClFN2S/c1-5-2-3-14-8(5)7-6(11)4-12-9(10)13-7/h2-4H,1H3. The number of hydrogen-bond acceptors (Lipinski definition) is 3. The minimum atomic E-state index is -0.444. The van der Waals surface area contributed by atoms with Crippen LogP contribution in [0.2, 0.25) is 5.28 Å². The highest BCUT2D eigenvalue weighted by Gasteiger charge is 2.11. The monoisotopic (exact) mass is 228 g/mol. The maximum atomic E-state index is 13.3. The normalized spacial score (nSPS) is 10.5. The number of aromatic nitrogens is 2. The largest absolute Gasteiger partial charge is 0.223 e. The molecule has 0 aliphatic rings. The molecule has 0 unspecified atom stereocenters. The van der Waals surface area contributed by atoms with Crippen molar-refractivity contribution in [2.75, 3.05) is 0 Å². The number of halogens is 2.